The summed E-state index contributed by atoms with van der Waals surface area (Å²) in [5.74, 6) is 0. The number of nitrogens with one attached hydrogen (secondary N) is 1. The van der Waals surface area contributed by atoms with Crippen LogP contribution in [0.1, 0.15) is 25.0 Å². The summed E-state index contributed by atoms with van der Waals surface area (Å²) >= 11 is 0. The molecule has 0 radical (unpaired) electrons. The monoisotopic (exact) mass is 272 g/mol. The first-order valence-corrected chi connectivity index (χ1v) is 7.09. The Kier molecular flexibility index (Phi) is 6.74. The van der Waals surface area contributed by atoms with Crippen LogP contribution in [-0.2, 0) is 13.0 Å². The summed E-state index contributed by atoms with van der Waals surface area (Å²) in [5.41, 5.74) is 3.13. The molecule has 3 nitrogen and oxygen atoms in total. The highest BCUT2D eigenvalue weighted by Crippen LogP contribution is 2.15. The summed E-state index contributed by atoms with van der Waals surface area (Å²) in [6.45, 7) is 14.1. The van der Waals surface area contributed by atoms with E-state index in [2.05, 4.69) is 23.0 Å². The van der Waals surface area contributed by atoms with Gasteiger partial charge in [0.2, 0.25) is 0 Å². The van der Waals surface area contributed by atoms with Crippen LogP contribution in [0.3, 0.4) is 0 Å². The summed E-state index contributed by atoms with van der Waals surface area (Å²) in [7, 11) is 0. The lowest BCUT2D eigenvalue weighted by atomic mass is 10.0. The Labute approximate surface area is 121 Å². The lowest BCUT2D eigenvalue weighted by Crippen LogP contribution is -2.35. The maximum Gasteiger partial charge on any atom is 0.252 e. The van der Waals surface area contributed by atoms with Gasteiger partial charge in [-0.05, 0) is 23.6 Å². The van der Waals surface area contributed by atoms with Crippen LogP contribution >= 0.6 is 0 Å². The van der Waals surface area contributed by atoms with Crippen molar-refractivity contribution in [2.75, 3.05) is 13.1 Å². The number of fused-ring (bicyclic) bond motifs is 1. The van der Waals surface area contributed by atoms with E-state index in [0.29, 0.717) is 6.54 Å². The molecule has 1 aliphatic rings. The van der Waals surface area contributed by atoms with E-state index >= 15 is 0 Å². The van der Waals surface area contributed by atoms with Gasteiger partial charge in [-0.25, -0.2) is 0 Å². The van der Waals surface area contributed by atoms with Gasteiger partial charge in [0.05, 0.1) is 0 Å². The summed E-state index contributed by atoms with van der Waals surface area (Å²) in [5, 5.41) is 0. The van der Waals surface area contributed by atoms with Gasteiger partial charge in [0.15, 0.2) is 0 Å². The Bertz CT molecular complexity index is 540. The van der Waals surface area contributed by atoms with E-state index in [9.17, 15) is 4.79 Å². The molecule has 0 saturated heterocycles. The molecule has 1 aromatic rings. The van der Waals surface area contributed by atoms with Crippen LogP contribution in [0, 0.1) is 0 Å². The Hall–Kier alpha value is -1.87. The molecule has 0 spiro atoms. The second-order valence-corrected chi connectivity index (χ2v) is 4.52. The van der Waals surface area contributed by atoms with Crippen molar-refractivity contribution in [3.63, 3.8) is 0 Å². The zero-order chi connectivity index (χ0) is 15.0. The van der Waals surface area contributed by atoms with Crippen molar-refractivity contribution >= 4 is 0 Å². The van der Waals surface area contributed by atoms with E-state index in [1.54, 1.807) is 12.3 Å². The number of nitrogens with zero attached hydrogens (tertiary/aromatic N) is 1. The molecular weight excluding hydrogens is 248 g/mol. The molecule has 3 heteroatoms. The van der Waals surface area contributed by atoms with Crippen LogP contribution < -0.4 is 5.56 Å². The first kappa shape index (κ1) is 16.2. The molecular formula is C17H24N2O. The van der Waals surface area contributed by atoms with Crippen molar-refractivity contribution in [3.8, 4) is 0 Å². The zero-order valence-corrected chi connectivity index (χ0v) is 12.5. The quantitative estimate of drug-likeness (QED) is 0.855. The number of hydrogen-bond acceptors (Lipinski definition) is 2. The summed E-state index contributed by atoms with van der Waals surface area (Å²) < 4.78 is 0. The number of allylic oxidation sites excluding steroid dienone is 2. The van der Waals surface area contributed by atoms with E-state index < -0.39 is 0 Å². The average Bonchev–Trinajstić information content (AvgIpc) is 2.48. The first-order valence-electron chi connectivity index (χ1n) is 7.09. The lowest BCUT2D eigenvalue weighted by molar-refractivity contribution is 0.276. The van der Waals surface area contributed by atoms with E-state index in [0.717, 1.165) is 30.6 Å². The molecule has 0 aromatic carbocycles. The van der Waals surface area contributed by atoms with Crippen LogP contribution in [0.5, 0.6) is 0 Å². The number of aromatic amines is 1. The molecule has 0 atom stereocenters. The molecule has 0 amide bonds. The molecule has 2 heterocycles. The molecule has 0 fully saturated rings. The predicted octanol–water partition coefficient (Wildman–Crippen LogP) is 3.06. The molecule has 2 rings (SSSR count). The van der Waals surface area contributed by atoms with Gasteiger partial charge in [-0.2, -0.15) is 0 Å². The minimum atomic E-state index is 0.0319. The van der Waals surface area contributed by atoms with E-state index in [4.69, 9.17) is 0 Å². The van der Waals surface area contributed by atoms with Gasteiger partial charge in [0.25, 0.3) is 5.56 Å². The molecule has 0 bridgehead atoms. The highest BCUT2D eigenvalue weighted by atomic mass is 16.1. The van der Waals surface area contributed by atoms with Gasteiger partial charge < -0.3 is 4.98 Å². The van der Waals surface area contributed by atoms with Crippen molar-refractivity contribution in [1.82, 2.24) is 9.88 Å². The lowest BCUT2D eigenvalue weighted by Gasteiger charge is -2.28. The topological polar surface area (TPSA) is 36.1 Å². The third-order valence-corrected chi connectivity index (χ3v) is 3.13. The number of pyridine rings is 1. The molecule has 0 unspecified atom stereocenters. The molecule has 108 valence electrons. The predicted molar refractivity (Wildman–Crippen MR) is 85.9 cm³/mol. The summed E-state index contributed by atoms with van der Waals surface area (Å²) in [6.07, 6.45) is 8.23. The van der Waals surface area contributed by atoms with Gasteiger partial charge in [-0.1, -0.05) is 45.2 Å². The molecule has 0 saturated carbocycles. The van der Waals surface area contributed by atoms with E-state index in [1.165, 1.54) is 5.56 Å². The van der Waals surface area contributed by atoms with Crippen molar-refractivity contribution in [1.29, 1.82) is 0 Å². The maximum absolute atomic E-state index is 11.7. The summed E-state index contributed by atoms with van der Waals surface area (Å²) in [4.78, 5) is 16.7. The molecule has 20 heavy (non-hydrogen) atoms. The molecule has 0 aliphatic carbocycles. The van der Waals surface area contributed by atoms with Crippen molar-refractivity contribution in [3.05, 3.63) is 70.7 Å². The Morgan fingerprint density at radius 1 is 1.50 bits per heavy atom. The third-order valence-electron chi connectivity index (χ3n) is 3.13. The molecule has 1 N–H and O–H groups in total. The second-order valence-electron chi connectivity index (χ2n) is 4.52. The number of rotatable bonds is 4. The van der Waals surface area contributed by atoms with Crippen molar-refractivity contribution in [2.45, 2.75) is 26.8 Å². The normalized spacial score (nSPS) is 14.3. The van der Waals surface area contributed by atoms with Gasteiger partial charge in [-0.3, -0.25) is 9.69 Å². The minimum Gasteiger partial charge on any atom is -0.329 e. The van der Waals surface area contributed by atoms with Crippen LogP contribution in [0.2, 0.25) is 0 Å². The van der Waals surface area contributed by atoms with Gasteiger partial charge in [-0.15, -0.1) is 0 Å². The van der Waals surface area contributed by atoms with Crippen molar-refractivity contribution < 1.29 is 0 Å². The zero-order valence-electron chi connectivity index (χ0n) is 12.5. The average molecular weight is 272 g/mol. The SMILES string of the molecule is C=C/C=C\C(=C)CN1CCc2cc[nH]c(=O)c2C1.CC. The van der Waals surface area contributed by atoms with Crippen LogP contribution in [-0.4, -0.2) is 23.0 Å². The van der Waals surface area contributed by atoms with Gasteiger partial charge in [0, 0.05) is 31.4 Å². The number of hydrogen-bond donors (Lipinski definition) is 1. The van der Waals surface area contributed by atoms with Crippen LogP contribution in [0.15, 0.2) is 54.0 Å². The minimum absolute atomic E-state index is 0.0319. The van der Waals surface area contributed by atoms with Crippen LogP contribution in [0.4, 0.5) is 0 Å². The van der Waals surface area contributed by atoms with E-state index in [1.807, 2.05) is 32.1 Å². The van der Waals surface area contributed by atoms with Gasteiger partial charge in [0.1, 0.15) is 0 Å². The fourth-order valence-corrected chi connectivity index (χ4v) is 2.22. The first-order chi connectivity index (χ1) is 9.70. The molecule has 1 aliphatic heterocycles. The Balaban J connectivity index is 0.000000956. The largest absolute Gasteiger partial charge is 0.329 e. The Morgan fingerprint density at radius 3 is 2.95 bits per heavy atom. The maximum atomic E-state index is 11.7. The fraction of sp³-hybridized carbons (Fsp3) is 0.353. The molecule has 1 aromatic heterocycles. The number of aromatic nitrogens is 1. The Morgan fingerprint density at radius 2 is 2.25 bits per heavy atom. The smallest absolute Gasteiger partial charge is 0.252 e. The van der Waals surface area contributed by atoms with E-state index in [-0.39, 0.29) is 5.56 Å². The standard InChI is InChI=1S/C15H18N2O.C2H6/c1-3-4-5-12(2)10-17-9-7-13-6-8-16-15(18)14(13)11-17;1-2/h3-6,8H,1-2,7,9-11H2,(H,16,18);1-2H3/b5-4-;. The highest BCUT2D eigenvalue weighted by molar-refractivity contribution is 5.27. The van der Waals surface area contributed by atoms with Crippen LogP contribution in [0.25, 0.3) is 0 Å². The summed E-state index contributed by atoms with van der Waals surface area (Å²) in [6, 6.07) is 2.00. The van der Waals surface area contributed by atoms with Crippen molar-refractivity contribution in [2.24, 2.45) is 0 Å². The highest BCUT2D eigenvalue weighted by Gasteiger charge is 2.18. The second kappa shape index (κ2) is 8.33. The fourth-order valence-electron chi connectivity index (χ4n) is 2.22. The van der Waals surface area contributed by atoms with Gasteiger partial charge >= 0.3 is 0 Å². The third kappa shape index (κ3) is 4.35. The number of H-pyrrole nitrogens is 1.